The number of nitrogens with one attached hydrogen (secondary N) is 1. The van der Waals surface area contributed by atoms with Crippen LogP contribution in [0.5, 0.6) is 0 Å². The Morgan fingerprint density at radius 1 is 0.398 bits per heavy atom. The average Bonchev–Trinajstić information content (AvgIpc) is 0.851. The first-order valence-electron chi connectivity index (χ1n) is 37.3. The summed E-state index contributed by atoms with van der Waals surface area (Å²) in [4.78, 5) is 13.4. The number of aliphatic hydroxyl groups is 8. The third-order valence-corrected chi connectivity index (χ3v) is 17.4. The van der Waals surface area contributed by atoms with Crippen LogP contribution in [0.15, 0.2) is 122 Å². The van der Waals surface area contributed by atoms with E-state index >= 15 is 0 Å². The minimum atomic E-state index is -1.80. The third kappa shape index (κ3) is 45.5. The molecule has 14 heteroatoms. The van der Waals surface area contributed by atoms with E-state index < -0.39 is 86.8 Å². The fraction of sp³-hybridized carbons (Fsp3) is 0.734. The highest BCUT2D eigenvalue weighted by atomic mass is 16.7. The van der Waals surface area contributed by atoms with Gasteiger partial charge in [-0.1, -0.05) is 289 Å². The Balaban J connectivity index is 1.70. The van der Waals surface area contributed by atoms with E-state index in [9.17, 15) is 45.6 Å². The van der Waals surface area contributed by atoms with E-state index in [-0.39, 0.29) is 18.9 Å². The van der Waals surface area contributed by atoms with Crippen LogP contribution in [0.4, 0.5) is 0 Å². The predicted molar refractivity (Wildman–Crippen MR) is 382 cm³/mol. The van der Waals surface area contributed by atoms with E-state index in [0.717, 1.165) is 103 Å². The lowest BCUT2D eigenvalue weighted by Crippen LogP contribution is -2.65. The highest BCUT2D eigenvalue weighted by Crippen LogP contribution is 2.30. The van der Waals surface area contributed by atoms with E-state index in [1.54, 1.807) is 6.08 Å². The Hall–Kier alpha value is -3.61. The molecule has 0 aromatic carbocycles. The molecule has 12 unspecified atom stereocenters. The SMILES string of the molecule is CC/C=C\C/C=C\C/C=C\C/C=C\C/C=C\C/C=C\C/C=C\CCCCCCCCCCCC(=O)NC(COC1OC(CO)C(OC2OC(CO)C(O)C(O)C2O)C(O)C1O)C(O)/C=C/CC/C=C/CC/C=C/CCCCCCCCCCCCCCCCCCCC. The Labute approximate surface area is 565 Å². The maximum absolute atomic E-state index is 13.4. The van der Waals surface area contributed by atoms with Gasteiger partial charge in [-0.3, -0.25) is 4.79 Å². The van der Waals surface area contributed by atoms with Crippen LogP contribution in [0.1, 0.15) is 277 Å². The predicted octanol–water partition coefficient (Wildman–Crippen LogP) is 16.1. The number of carbonyl (C=O) groups excluding carboxylic acids is 1. The maximum Gasteiger partial charge on any atom is 0.220 e. The van der Waals surface area contributed by atoms with Gasteiger partial charge in [0.05, 0.1) is 32.0 Å². The molecule has 1 amide bonds. The molecule has 534 valence electrons. The summed E-state index contributed by atoms with van der Waals surface area (Å²) in [5.41, 5.74) is 0. The number of hydrogen-bond donors (Lipinski definition) is 9. The van der Waals surface area contributed by atoms with Crippen LogP contribution in [0.2, 0.25) is 0 Å². The van der Waals surface area contributed by atoms with Crippen LogP contribution < -0.4 is 5.32 Å². The van der Waals surface area contributed by atoms with Gasteiger partial charge in [-0.15, -0.1) is 0 Å². The summed E-state index contributed by atoms with van der Waals surface area (Å²) in [5.74, 6) is -0.263. The van der Waals surface area contributed by atoms with Crippen molar-refractivity contribution in [2.45, 2.75) is 351 Å². The number of aliphatic hydroxyl groups excluding tert-OH is 8. The topological polar surface area (TPSA) is 228 Å². The van der Waals surface area contributed by atoms with Crippen molar-refractivity contribution in [1.82, 2.24) is 5.32 Å². The van der Waals surface area contributed by atoms with E-state index in [1.807, 2.05) is 6.08 Å². The average molecular weight is 1310 g/mol. The van der Waals surface area contributed by atoms with E-state index in [4.69, 9.17) is 18.9 Å². The summed E-state index contributed by atoms with van der Waals surface area (Å²) in [6, 6.07) is -0.952. The molecule has 2 aliphatic heterocycles. The largest absolute Gasteiger partial charge is 0.394 e. The molecule has 0 spiro atoms. The van der Waals surface area contributed by atoms with Gasteiger partial charge in [-0.2, -0.15) is 0 Å². The van der Waals surface area contributed by atoms with Crippen molar-refractivity contribution in [3.63, 3.8) is 0 Å². The van der Waals surface area contributed by atoms with Gasteiger partial charge in [-0.05, 0) is 103 Å². The van der Waals surface area contributed by atoms with Crippen molar-refractivity contribution in [1.29, 1.82) is 0 Å². The fourth-order valence-electron chi connectivity index (χ4n) is 11.5. The van der Waals surface area contributed by atoms with Gasteiger partial charge in [0.1, 0.15) is 48.8 Å². The van der Waals surface area contributed by atoms with Crippen molar-refractivity contribution >= 4 is 5.91 Å². The molecular formula is C79H135NO13. The van der Waals surface area contributed by atoms with Gasteiger partial charge in [0.15, 0.2) is 12.6 Å². The number of unbranched alkanes of at least 4 members (excludes halogenated alkanes) is 29. The second-order valence-electron chi connectivity index (χ2n) is 25.7. The molecule has 2 saturated heterocycles. The van der Waals surface area contributed by atoms with Crippen LogP contribution in [0.3, 0.4) is 0 Å². The van der Waals surface area contributed by atoms with E-state index in [0.29, 0.717) is 12.8 Å². The minimum Gasteiger partial charge on any atom is -0.394 e. The maximum atomic E-state index is 13.4. The third-order valence-electron chi connectivity index (χ3n) is 17.4. The summed E-state index contributed by atoms with van der Waals surface area (Å²) in [6.45, 7) is 2.67. The Morgan fingerprint density at radius 3 is 1.18 bits per heavy atom. The molecule has 14 nitrogen and oxygen atoms in total. The standard InChI is InChI=1S/C79H135NO13/c1-3-5-7-9-11-13-15-17-19-21-23-25-27-29-31-33-34-35-37-39-41-43-45-47-49-51-53-55-57-59-61-63-71(84)80-67(66-90-78-76(89)74(87)77(70(65-82)92-78)93-79-75(88)73(86)72(85)69(64-81)91-79)68(83)62-60-58-56-54-52-50-48-46-44-42-40-38-36-32-30-28-26-24-22-20-18-16-14-12-10-8-6-4-2/h5,7,11,13,17,19,23,25,29,31,34-35,39,41,44,46,52,54,60,62,67-70,72-79,81-83,85-89H,3-4,6,8-10,12,14-16,18,20-22,24,26-28,30,32-33,36-38,40,42-43,45,47-51,53,55-59,61,63-66H2,1-2H3,(H,80,84)/b7-5-,13-11-,19-17-,25-23-,31-29-,35-34-,41-39-,46-44+,54-52+,62-60+. The molecule has 9 N–H and O–H groups in total. The smallest absolute Gasteiger partial charge is 0.220 e. The van der Waals surface area contributed by atoms with Gasteiger partial charge in [0, 0.05) is 6.42 Å². The molecule has 0 aromatic rings. The van der Waals surface area contributed by atoms with E-state index in [1.165, 1.54) is 141 Å². The number of amides is 1. The molecule has 0 bridgehead atoms. The van der Waals surface area contributed by atoms with Gasteiger partial charge in [0.25, 0.3) is 0 Å². The van der Waals surface area contributed by atoms with Crippen molar-refractivity contribution in [2.75, 3.05) is 19.8 Å². The summed E-state index contributed by atoms with van der Waals surface area (Å²) < 4.78 is 22.9. The number of ether oxygens (including phenoxy) is 4. The second-order valence-corrected chi connectivity index (χ2v) is 25.7. The van der Waals surface area contributed by atoms with Gasteiger partial charge in [0.2, 0.25) is 5.91 Å². The molecule has 93 heavy (non-hydrogen) atoms. The first kappa shape index (κ1) is 85.5. The van der Waals surface area contributed by atoms with Crippen LogP contribution in [0.25, 0.3) is 0 Å². The molecule has 2 rings (SSSR count). The summed E-state index contributed by atoms with van der Waals surface area (Å²) in [5, 5.41) is 87.5. The Morgan fingerprint density at radius 2 is 0.753 bits per heavy atom. The Bertz CT molecular complexity index is 2030. The lowest BCUT2D eigenvalue weighted by Gasteiger charge is -2.46. The van der Waals surface area contributed by atoms with Crippen molar-refractivity contribution in [3.8, 4) is 0 Å². The van der Waals surface area contributed by atoms with Crippen molar-refractivity contribution < 1.29 is 64.6 Å². The molecule has 0 saturated carbocycles. The summed E-state index contributed by atoms with van der Waals surface area (Å²) >= 11 is 0. The molecule has 2 heterocycles. The molecule has 0 aliphatic carbocycles. The van der Waals surface area contributed by atoms with Crippen LogP contribution in [0, 0.1) is 0 Å². The number of rotatable bonds is 60. The molecule has 0 aromatic heterocycles. The van der Waals surface area contributed by atoms with Gasteiger partial charge < -0.3 is 65.1 Å². The summed E-state index contributed by atoms with van der Waals surface area (Å²) in [6.07, 6.45) is 74.0. The molecule has 2 fully saturated rings. The second kappa shape index (κ2) is 61.9. The minimum absolute atomic E-state index is 0.255. The Kier molecular flexibility index (Phi) is 56.9. The number of hydrogen-bond acceptors (Lipinski definition) is 13. The zero-order valence-electron chi connectivity index (χ0n) is 58.2. The summed E-state index contributed by atoms with van der Waals surface area (Å²) in [7, 11) is 0. The van der Waals surface area contributed by atoms with Crippen molar-refractivity contribution in [2.24, 2.45) is 0 Å². The van der Waals surface area contributed by atoms with Crippen molar-refractivity contribution in [3.05, 3.63) is 122 Å². The molecule has 0 radical (unpaired) electrons. The molecule has 2 aliphatic rings. The highest BCUT2D eigenvalue weighted by Gasteiger charge is 2.51. The van der Waals surface area contributed by atoms with Crippen LogP contribution in [-0.2, 0) is 23.7 Å². The first-order valence-corrected chi connectivity index (χ1v) is 37.3. The fourth-order valence-corrected chi connectivity index (χ4v) is 11.5. The molecule has 12 atom stereocenters. The monoisotopic (exact) mass is 1310 g/mol. The first-order chi connectivity index (χ1) is 45.6. The zero-order valence-corrected chi connectivity index (χ0v) is 58.2. The van der Waals surface area contributed by atoms with Gasteiger partial charge in [-0.25, -0.2) is 0 Å². The molecular weight excluding hydrogens is 1170 g/mol. The highest BCUT2D eigenvalue weighted by molar-refractivity contribution is 5.76. The number of carbonyl (C=O) groups is 1. The normalized spacial score (nSPS) is 23.3. The van der Waals surface area contributed by atoms with Crippen LogP contribution >= 0.6 is 0 Å². The van der Waals surface area contributed by atoms with Gasteiger partial charge >= 0.3 is 0 Å². The van der Waals surface area contributed by atoms with Crippen LogP contribution in [-0.4, -0.2) is 140 Å². The van der Waals surface area contributed by atoms with E-state index in [2.05, 4.69) is 129 Å². The quantitative estimate of drug-likeness (QED) is 0.0204. The lowest BCUT2D eigenvalue weighted by molar-refractivity contribution is -0.359. The zero-order chi connectivity index (χ0) is 67.3. The lowest BCUT2D eigenvalue weighted by atomic mass is 9.97. The number of allylic oxidation sites excluding steroid dienone is 19.